The summed E-state index contributed by atoms with van der Waals surface area (Å²) >= 11 is 0. The van der Waals surface area contributed by atoms with Crippen LogP contribution in [0.1, 0.15) is 0 Å². The summed E-state index contributed by atoms with van der Waals surface area (Å²) in [5, 5.41) is 0. The van der Waals surface area contributed by atoms with Gasteiger partial charge in [0.15, 0.2) is 6.67 Å². The number of ether oxygens (including phenoxy) is 1. The first kappa shape index (κ1) is 12.7. The highest BCUT2D eigenvalue weighted by Crippen LogP contribution is 2.22. The molecule has 0 saturated carbocycles. The molecule has 0 atom stereocenters. The van der Waals surface area contributed by atoms with Gasteiger partial charge in [0.25, 0.3) is 0 Å². The Morgan fingerprint density at radius 3 is 2.31 bits per heavy atom. The largest absolute Gasteiger partial charge is 0.509 e. The molecule has 0 aliphatic rings. The van der Waals surface area contributed by atoms with Crippen LogP contribution in [0.15, 0.2) is 24.3 Å². The van der Waals surface area contributed by atoms with Gasteiger partial charge in [0.1, 0.15) is 5.75 Å². The predicted octanol–water partition coefficient (Wildman–Crippen LogP) is 2.68. The SMILES string of the molecule is FCC(F)(F)Oc1cccc([B-](F)(F)F)c1. The van der Waals surface area contributed by atoms with Gasteiger partial charge in [-0.15, -0.1) is 5.46 Å². The van der Waals surface area contributed by atoms with Gasteiger partial charge in [-0.25, -0.2) is 4.39 Å². The molecule has 0 amide bonds. The highest BCUT2D eigenvalue weighted by Gasteiger charge is 2.32. The Balaban J connectivity index is 2.92. The number of rotatable bonds is 4. The zero-order valence-electron chi connectivity index (χ0n) is 7.77. The summed E-state index contributed by atoms with van der Waals surface area (Å²) in [6.45, 7) is -7.40. The Morgan fingerprint density at radius 2 is 1.81 bits per heavy atom. The second-order valence-electron chi connectivity index (χ2n) is 3.02. The lowest BCUT2D eigenvalue weighted by Crippen LogP contribution is -2.34. The third-order valence-corrected chi connectivity index (χ3v) is 1.66. The van der Waals surface area contributed by atoms with Gasteiger partial charge < -0.3 is 17.7 Å². The summed E-state index contributed by atoms with van der Waals surface area (Å²) < 4.78 is 77.0. The van der Waals surface area contributed by atoms with Crippen molar-refractivity contribution in [2.45, 2.75) is 6.11 Å². The molecule has 0 fully saturated rings. The van der Waals surface area contributed by atoms with Crippen molar-refractivity contribution in [1.82, 2.24) is 0 Å². The summed E-state index contributed by atoms with van der Waals surface area (Å²) in [5.41, 5.74) is -1.08. The average Bonchev–Trinajstić information content (AvgIpc) is 2.16. The quantitative estimate of drug-likeness (QED) is 0.583. The van der Waals surface area contributed by atoms with Gasteiger partial charge in [-0.1, -0.05) is 12.1 Å². The molecule has 1 nitrogen and oxygen atoms in total. The molecule has 0 aliphatic heterocycles. The van der Waals surface area contributed by atoms with E-state index < -0.39 is 31.0 Å². The molecule has 0 spiro atoms. The number of alkyl halides is 3. The zero-order chi connectivity index (χ0) is 12.4. The van der Waals surface area contributed by atoms with Crippen molar-refractivity contribution in [3.63, 3.8) is 0 Å². The Hall–Kier alpha value is -1.34. The second kappa shape index (κ2) is 4.27. The van der Waals surface area contributed by atoms with Gasteiger partial charge in [-0.2, -0.15) is 8.78 Å². The van der Waals surface area contributed by atoms with E-state index in [2.05, 4.69) is 4.74 Å². The van der Waals surface area contributed by atoms with E-state index in [1.807, 2.05) is 0 Å². The van der Waals surface area contributed by atoms with E-state index in [9.17, 15) is 26.1 Å². The van der Waals surface area contributed by atoms with Gasteiger partial charge in [0, 0.05) is 0 Å². The fourth-order valence-corrected chi connectivity index (χ4v) is 0.981. The molecule has 0 bridgehead atoms. The highest BCUT2D eigenvalue weighted by molar-refractivity contribution is 6.73. The van der Waals surface area contributed by atoms with Crippen LogP contribution in [0.4, 0.5) is 26.1 Å². The standard InChI is InChI=1S/C8H6BF6O/c10-5-8(11,12)16-7-3-1-2-6(4-7)9(13,14)15/h1-4H,5H2/q-1. The van der Waals surface area contributed by atoms with E-state index in [-0.39, 0.29) is 0 Å². The number of hydrogen-bond acceptors (Lipinski definition) is 1. The van der Waals surface area contributed by atoms with Crippen LogP contribution < -0.4 is 10.2 Å². The van der Waals surface area contributed by atoms with Gasteiger partial charge in [0.2, 0.25) is 0 Å². The fraction of sp³-hybridized carbons (Fsp3) is 0.250. The van der Waals surface area contributed by atoms with Crippen LogP contribution in [0.2, 0.25) is 0 Å². The highest BCUT2D eigenvalue weighted by atomic mass is 19.4. The maximum Gasteiger partial charge on any atom is 0.509 e. The first-order valence-electron chi connectivity index (χ1n) is 4.17. The number of hydrogen-bond donors (Lipinski definition) is 0. The van der Waals surface area contributed by atoms with Gasteiger partial charge in [0.05, 0.1) is 0 Å². The molecule has 0 radical (unpaired) electrons. The third kappa shape index (κ3) is 3.35. The van der Waals surface area contributed by atoms with Crippen LogP contribution in [-0.2, 0) is 0 Å². The Labute approximate surface area is 87.1 Å². The molecule has 1 aromatic carbocycles. The van der Waals surface area contributed by atoms with Crippen molar-refractivity contribution in [2.24, 2.45) is 0 Å². The van der Waals surface area contributed by atoms with Gasteiger partial charge in [-0.3, -0.25) is 0 Å². The van der Waals surface area contributed by atoms with E-state index in [1.54, 1.807) is 0 Å². The molecule has 1 aromatic rings. The number of benzene rings is 1. The molecule has 0 N–H and O–H groups in total. The van der Waals surface area contributed by atoms with Crippen molar-refractivity contribution in [3.05, 3.63) is 24.3 Å². The maximum atomic E-state index is 12.4. The lowest BCUT2D eigenvalue weighted by atomic mass is 9.80. The van der Waals surface area contributed by atoms with E-state index in [0.29, 0.717) is 6.07 Å². The molecular formula is C8H6BF6O-. The third-order valence-electron chi connectivity index (χ3n) is 1.66. The van der Waals surface area contributed by atoms with Crippen LogP contribution >= 0.6 is 0 Å². The van der Waals surface area contributed by atoms with Crippen molar-refractivity contribution in [3.8, 4) is 5.75 Å². The van der Waals surface area contributed by atoms with Crippen molar-refractivity contribution < 1.29 is 30.9 Å². The van der Waals surface area contributed by atoms with Crippen molar-refractivity contribution in [1.29, 1.82) is 0 Å². The van der Waals surface area contributed by atoms with Gasteiger partial charge >= 0.3 is 13.1 Å². The fourth-order valence-electron chi connectivity index (χ4n) is 0.981. The number of halogens is 6. The predicted molar refractivity (Wildman–Crippen MR) is 46.7 cm³/mol. The first-order valence-corrected chi connectivity index (χ1v) is 4.17. The Morgan fingerprint density at radius 1 is 1.19 bits per heavy atom. The lowest BCUT2D eigenvalue weighted by Gasteiger charge is -2.18. The maximum absolute atomic E-state index is 12.4. The Kier molecular flexibility index (Phi) is 3.40. The molecule has 0 unspecified atom stereocenters. The van der Waals surface area contributed by atoms with Crippen LogP contribution in [0.3, 0.4) is 0 Å². The second-order valence-corrected chi connectivity index (χ2v) is 3.02. The molecular weight excluding hydrogens is 237 g/mol. The topological polar surface area (TPSA) is 9.23 Å². The minimum atomic E-state index is -5.30. The van der Waals surface area contributed by atoms with Gasteiger partial charge in [-0.05, 0) is 12.1 Å². The molecule has 0 aromatic heterocycles. The summed E-state index contributed by atoms with van der Waals surface area (Å²) in [7, 11) is 0. The van der Waals surface area contributed by atoms with Crippen LogP contribution in [0.25, 0.3) is 0 Å². The van der Waals surface area contributed by atoms with Crippen LogP contribution in [-0.4, -0.2) is 19.8 Å². The van der Waals surface area contributed by atoms with E-state index in [0.717, 1.165) is 18.2 Å². The summed E-state index contributed by atoms with van der Waals surface area (Å²) in [6.07, 6.45) is -4.11. The minimum absolute atomic E-state index is 0.406. The zero-order valence-corrected chi connectivity index (χ0v) is 7.77. The molecule has 0 saturated heterocycles. The van der Waals surface area contributed by atoms with Crippen LogP contribution in [0.5, 0.6) is 5.75 Å². The average molecular weight is 243 g/mol. The smallest absolute Gasteiger partial charge is 0.445 e. The van der Waals surface area contributed by atoms with Crippen molar-refractivity contribution in [2.75, 3.05) is 6.67 Å². The summed E-state index contributed by atoms with van der Waals surface area (Å²) in [4.78, 5) is 0. The first-order chi connectivity index (χ1) is 7.24. The molecule has 1 rings (SSSR count). The lowest BCUT2D eigenvalue weighted by molar-refractivity contribution is -0.186. The minimum Gasteiger partial charge on any atom is -0.445 e. The van der Waals surface area contributed by atoms with Crippen molar-refractivity contribution >= 4 is 12.4 Å². The molecule has 0 aliphatic carbocycles. The molecule has 90 valence electrons. The van der Waals surface area contributed by atoms with Crippen LogP contribution in [0, 0.1) is 0 Å². The Bertz CT molecular complexity index is 364. The summed E-state index contributed by atoms with van der Waals surface area (Å²) in [5.74, 6) is -0.723. The normalized spacial score (nSPS) is 12.6. The monoisotopic (exact) mass is 243 g/mol. The van der Waals surface area contributed by atoms with E-state index in [4.69, 9.17) is 0 Å². The molecule has 0 heterocycles. The van der Waals surface area contributed by atoms with E-state index >= 15 is 0 Å². The summed E-state index contributed by atoms with van der Waals surface area (Å²) in [6, 6.07) is 2.94. The molecule has 8 heteroatoms. The molecule has 16 heavy (non-hydrogen) atoms. The van der Waals surface area contributed by atoms with E-state index in [1.165, 1.54) is 0 Å².